The number of aromatic nitrogens is 2. The standard InChI is InChI=1S/C26H38N6O6/c1-15(2)6-9-30-20(33)18(19(27)28)21(34)32(24(30)37)17-4-7-25(8-5-17)13-26(14-25)22(35)29(3)23(36)31(26)10-16-11-38-12-16/h15-17,33H,4-14H2,1-3H3,(H3,27,28). The number of imide groups is 1. The van der Waals surface area contributed by atoms with Gasteiger partial charge in [-0.25, -0.2) is 9.59 Å². The molecule has 0 unspecified atom stereocenters. The Morgan fingerprint density at radius 2 is 1.79 bits per heavy atom. The average molecular weight is 531 g/mol. The summed E-state index contributed by atoms with van der Waals surface area (Å²) in [5.74, 6) is -0.758. The van der Waals surface area contributed by atoms with Crippen LogP contribution >= 0.6 is 0 Å². The van der Waals surface area contributed by atoms with Crippen LogP contribution in [0.25, 0.3) is 0 Å². The highest BCUT2D eigenvalue weighted by Crippen LogP contribution is 2.62. The number of hydrogen-bond donors (Lipinski definition) is 3. The smallest absolute Gasteiger partial charge is 0.334 e. The second kappa shape index (κ2) is 9.25. The third-order valence-corrected chi connectivity index (χ3v) is 9.15. The van der Waals surface area contributed by atoms with E-state index >= 15 is 0 Å². The van der Waals surface area contributed by atoms with Crippen LogP contribution in [0.2, 0.25) is 0 Å². The molecule has 2 aliphatic carbocycles. The summed E-state index contributed by atoms with van der Waals surface area (Å²) in [6, 6.07) is -0.646. The lowest BCUT2D eigenvalue weighted by atomic mass is 9.51. The van der Waals surface area contributed by atoms with E-state index in [0.717, 1.165) is 4.57 Å². The number of amidine groups is 1. The summed E-state index contributed by atoms with van der Waals surface area (Å²) in [5.41, 5.74) is 3.04. The Balaban J connectivity index is 1.37. The summed E-state index contributed by atoms with van der Waals surface area (Å²) >= 11 is 0. The van der Waals surface area contributed by atoms with E-state index in [1.54, 1.807) is 11.9 Å². The minimum Gasteiger partial charge on any atom is -0.494 e. The molecule has 2 aliphatic heterocycles. The molecule has 4 fully saturated rings. The fourth-order valence-corrected chi connectivity index (χ4v) is 6.94. The van der Waals surface area contributed by atoms with Gasteiger partial charge in [-0.1, -0.05) is 13.8 Å². The molecule has 1 aromatic heterocycles. The Hall–Kier alpha value is -3.15. The number of ether oxygens (including phenoxy) is 1. The number of nitrogens with zero attached hydrogens (tertiary/aromatic N) is 4. The van der Waals surface area contributed by atoms with Crippen LogP contribution < -0.4 is 17.0 Å². The molecule has 0 aromatic carbocycles. The Kier molecular flexibility index (Phi) is 6.44. The molecule has 3 amide bonds. The first-order valence-electron chi connectivity index (χ1n) is 13.5. The van der Waals surface area contributed by atoms with Crippen LogP contribution in [-0.2, 0) is 16.1 Å². The van der Waals surface area contributed by atoms with Gasteiger partial charge >= 0.3 is 11.7 Å². The highest BCUT2D eigenvalue weighted by Gasteiger charge is 2.68. The Bertz CT molecular complexity index is 1280. The first kappa shape index (κ1) is 26.5. The molecule has 12 heteroatoms. The third-order valence-electron chi connectivity index (χ3n) is 9.15. The fourth-order valence-electron chi connectivity index (χ4n) is 6.94. The maximum atomic E-state index is 13.4. The molecule has 0 radical (unpaired) electrons. The molecular weight excluding hydrogens is 492 g/mol. The predicted molar refractivity (Wildman–Crippen MR) is 138 cm³/mol. The predicted octanol–water partition coefficient (Wildman–Crippen LogP) is 1.22. The summed E-state index contributed by atoms with van der Waals surface area (Å²) in [7, 11) is 1.54. The van der Waals surface area contributed by atoms with Crippen molar-refractivity contribution in [1.29, 1.82) is 5.41 Å². The average Bonchev–Trinajstić information content (AvgIpc) is 2.97. The number of nitrogen functional groups attached to an aromatic ring is 1. The molecule has 208 valence electrons. The summed E-state index contributed by atoms with van der Waals surface area (Å²) in [5, 5.41) is 18.5. The lowest BCUT2D eigenvalue weighted by molar-refractivity contribution is -0.152. The van der Waals surface area contributed by atoms with Crippen LogP contribution in [0.15, 0.2) is 9.59 Å². The highest BCUT2D eigenvalue weighted by molar-refractivity contribution is 6.07. The van der Waals surface area contributed by atoms with E-state index in [9.17, 15) is 24.3 Å². The summed E-state index contributed by atoms with van der Waals surface area (Å²) < 4.78 is 7.59. The maximum Gasteiger partial charge on any atom is 0.334 e. The normalized spacial score (nSPS) is 29.4. The zero-order valence-corrected chi connectivity index (χ0v) is 22.4. The quantitative estimate of drug-likeness (QED) is 0.271. The number of aromatic hydroxyl groups is 1. The number of likely N-dealkylation sites (N-methyl/N-ethyl adjacent to an activating group) is 1. The summed E-state index contributed by atoms with van der Waals surface area (Å²) in [6.45, 7) is 5.93. The van der Waals surface area contributed by atoms with Gasteiger partial charge in [0.2, 0.25) is 5.88 Å². The van der Waals surface area contributed by atoms with Crippen LogP contribution in [0, 0.1) is 22.7 Å². The van der Waals surface area contributed by atoms with Crippen molar-refractivity contribution in [3.8, 4) is 5.88 Å². The molecule has 4 aliphatic rings. The van der Waals surface area contributed by atoms with Gasteiger partial charge in [-0.05, 0) is 56.3 Å². The van der Waals surface area contributed by atoms with E-state index in [0.29, 0.717) is 64.7 Å². The SMILES string of the molecule is CC(C)CCn1c(O)c(C(=N)N)c(=O)n(C2CCC3(CC2)CC2(C3)C(=O)N(C)C(=O)N2CC2COC2)c1=O. The number of amides is 3. The van der Waals surface area contributed by atoms with Crippen LogP contribution in [-0.4, -0.2) is 74.2 Å². The molecule has 4 N–H and O–H groups in total. The van der Waals surface area contributed by atoms with Crippen molar-refractivity contribution in [3.05, 3.63) is 26.4 Å². The number of hydrogen-bond acceptors (Lipinski definition) is 7. The van der Waals surface area contributed by atoms with E-state index in [2.05, 4.69) is 0 Å². The molecule has 0 atom stereocenters. The number of nitrogens with one attached hydrogen (secondary N) is 1. The van der Waals surface area contributed by atoms with Crippen molar-refractivity contribution in [2.75, 3.05) is 26.8 Å². The van der Waals surface area contributed by atoms with E-state index in [1.165, 1.54) is 9.47 Å². The molecule has 2 saturated heterocycles. The zero-order chi connectivity index (χ0) is 27.6. The molecule has 0 bridgehead atoms. The maximum absolute atomic E-state index is 13.4. The molecule has 5 rings (SSSR count). The highest BCUT2D eigenvalue weighted by atomic mass is 16.5. The van der Waals surface area contributed by atoms with Crippen molar-refractivity contribution < 1.29 is 19.4 Å². The van der Waals surface area contributed by atoms with Crippen molar-refractivity contribution >= 4 is 17.8 Å². The lowest BCUT2D eigenvalue weighted by Crippen LogP contribution is -2.65. The summed E-state index contributed by atoms with van der Waals surface area (Å²) in [4.78, 5) is 55.7. The fraction of sp³-hybridized carbons (Fsp3) is 0.731. The molecule has 3 heterocycles. The monoisotopic (exact) mass is 530 g/mol. The largest absolute Gasteiger partial charge is 0.494 e. The van der Waals surface area contributed by atoms with Crippen molar-refractivity contribution in [2.24, 2.45) is 23.0 Å². The first-order chi connectivity index (χ1) is 17.9. The molecular formula is C26H38N6O6. The number of carbonyl (C=O) groups excluding carboxylic acids is 2. The van der Waals surface area contributed by atoms with Gasteiger partial charge in [-0.2, -0.15) is 0 Å². The van der Waals surface area contributed by atoms with Crippen LogP contribution in [0.5, 0.6) is 5.88 Å². The number of carbonyl (C=O) groups is 2. The Labute approximate surface area is 220 Å². The molecule has 2 spiro atoms. The Morgan fingerprint density at radius 3 is 2.32 bits per heavy atom. The summed E-state index contributed by atoms with van der Waals surface area (Å²) in [6.07, 6.45) is 4.29. The van der Waals surface area contributed by atoms with E-state index in [4.69, 9.17) is 15.9 Å². The van der Waals surface area contributed by atoms with Gasteiger partial charge in [0.1, 0.15) is 16.9 Å². The Morgan fingerprint density at radius 1 is 1.16 bits per heavy atom. The number of urea groups is 1. The molecule has 38 heavy (non-hydrogen) atoms. The second-order valence-electron chi connectivity index (χ2n) is 12.2. The van der Waals surface area contributed by atoms with Crippen LogP contribution in [0.4, 0.5) is 4.79 Å². The minimum absolute atomic E-state index is 0.132. The van der Waals surface area contributed by atoms with Gasteiger partial charge in [0.15, 0.2) is 0 Å². The van der Waals surface area contributed by atoms with Gasteiger partial charge in [0.05, 0.1) is 13.2 Å². The van der Waals surface area contributed by atoms with Crippen LogP contribution in [0.3, 0.4) is 0 Å². The first-order valence-corrected chi connectivity index (χ1v) is 13.5. The molecule has 12 nitrogen and oxygen atoms in total. The van der Waals surface area contributed by atoms with Crippen molar-refractivity contribution in [3.63, 3.8) is 0 Å². The lowest BCUT2D eigenvalue weighted by Gasteiger charge is -2.58. The number of rotatable bonds is 7. The van der Waals surface area contributed by atoms with E-state index in [1.807, 2.05) is 13.8 Å². The van der Waals surface area contributed by atoms with E-state index in [-0.39, 0.29) is 41.3 Å². The van der Waals surface area contributed by atoms with Gasteiger partial charge in [-0.3, -0.25) is 29.0 Å². The minimum atomic E-state index is -0.811. The molecule has 2 saturated carbocycles. The van der Waals surface area contributed by atoms with Crippen LogP contribution in [0.1, 0.15) is 70.4 Å². The van der Waals surface area contributed by atoms with Gasteiger partial charge in [0, 0.05) is 32.1 Å². The van der Waals surface area contributed by atoms with Crippen molar-refractivity contribution in [1.82, 2.24) is 18.9 Å². The molecule has 1 aromatic rings. The third kappa shape index (κ3) is 3.95. The van der Waals surface area contributed by atoms with Gasteiger partial charge in [0.25, 0.3) is 11.5 Å². The second-order valence-corrected chi connectivity index (χ2v) is 12.2. The van der Waals surface area contributed by atoms with Gasteiger partial charge < -0.3 is 20.5 Å². The number of nitrogens with two attached hydrogens (primary N) is 1. The van der Waals surface area contributed by atoms with Gasteiger partial charge in [-0.15, -0.1) is 0 Å². The van der Waals surface area contributed by atoms with Crippen molar-refractivity contribution in [2.45, 2.75) is 76.9 Å². The topological polar surface area (TPSA) is 164 Å². The van der Waals surface area contributed by atoms with E-state index < -0.39 is 34.5 Å². The zero-order valence-electron chi connectivity index (χ0n) is 22.4.